The fourth-order valence-corrected chi connectivity index (χ4v) is 2.48. The van der Waals surface area contributed by atoms with E-state index >= 15 is 0 Å². The van der Waals surface area contributed by atoms with Crippen LogP contribution in [0.4, 0.5) is 0 Å². The van der Waals surface area contributed by atoms with Crippen LogP contribution in [0.15, 0.2) is 30.3 Å². The SMILES string of the molecule is CCCCCCCCCCCCN.CCCCOc1ccccc1. The predicted octanol–water partition coefficient (Wildman–Crippen LogP) is 6.73. The van der Waals surface area contributed by atoms with Gasteiger partial charge in [-0.3, -0.25) is 0 Å². The van der Waals surface area contributed by atoms with Gasteiger partial charge >= 0.3 is 0 Å². The first kappa shape index (κ1) is 23.0. The molecule has 0 saturated carbocycles. The Morgan fingerprint density at radius 3 is 1.67 bits per heavy atom. The Morgan fingerprint density at radius 1 is 0.667 bits per heavy atom. The van der Waals surface area contributed by atoms with E-state index in [-0.39, 0.29) is 0 Å². The van der Waals surface area contributed by atoms with Crippen LogP contribution in [-0.4, -0.2) is 13.2 Å². The third-order valence-corrected chi connectivity index (χ3v) is 4.07. The number of para-hydroxylation sites is 1. The minimum absolute atomic E-state index is 0.834. The van der Waals surface area contributed by atoms with Gasteiger partial charge in [-0.2, -0.15) is 0 Å². The summed E-state index contributed by atoms with van der Waals surface area (Å²) in [6.45, 7) is 6.14. The summed E-state index contributed by atoms with van der Waals surface area (Å²) in [4.78, 5) is 0. The highest BCUT2D eigenvalue weighted by Gasteiger charge is 1.91. The van der Waals surface area contributed by atoms with Crippen molar-refractivity contribution < 1.29 is 4.74 Å². The third kappa shape index (κ3) is 17.3. The van der Waals surface area contributed by atoms with Gasteiger partial charge in [-0.25, -0.2) is 0 Å². The van der Waals surface area contributed by atoms with Gasteiger partial charge in [-0.05, 0) is 31.5 Å². The third-order valence-electron chi connectivity index (χ3n) is 4.07. The summed E-state index contributed by atoms with van der Waals surface area (Å²) in [5, 5.41) is 0. The van der Waals surface area contributed by atoms with Gasteiger partial charge in [0.1, 0.15) is 5.75 Å². The van der Waals surface area contributed by atoms with Crippen molar-refractivity contribution in [2.24, 2.45) is 5.73 Å². The first-order chi connectivity index (χ1) is 11.8. The van der Waals surface area contributed by atoms with E-state index in [0.29, 0.717) is 0 Å². The normalized spacial score (nSPS) is 10.1. The molecule has 0 fully saturated rings. The quantitative estimate of drug-likeness (QED) is 0.382. The summed E-state index contributed by atoms with van der Waals surface area (Å²) in [7, 11) is 0. The van der Waals surface area contributed by atoms with Gasteiger partial charge in [0.2, 0.25) is 0 Å². The van der Waals surface area contributed by atoms with Crippen LogP contribution in [0, 0.1) is 0 Å². The van der Waals surface area contributed by atoms with Gasteiger partial charge in [0, 0.05) is 0 Å². The van der Waals surface area contributed by atoms with Crippen LogP contribution >= 0.6 is 0 Å². The van der Waals surface area contributed by atoms with Crippen molar-refractivity contribution in [1.82, 2.24) is 0 Å². The smallest absolute Gasteiger partial charge is 0.119 e. The summed E-state index contributed by atoms with van der Waals surface area (Å²) < 4.78 is 5.45. The highest BCUT2D eigenvalue weighted by atomic mass is 16.5. The van der Waals surface area contributed by atoms with Crippen LogP contribution in [0.25, 0.3) is 0 Å². The lowest BCUT2D eigenvalue weighted by Gasteiger charge is -2.03. The van der Waals surface area contributed by atoms with Crippen LogP contribution in [0.1, 0.15) is 90.9 Å². The van der Waals surface area contributed by atoms with Crippen molar-refractivity contribution in [1.29, 1.82) is 0 Å². The monoisotopic (exact) mass is 335 g/mol. The molecule has 0 unspecified atom stereocenters. The van der Waals surface area contributed by atoms with E-state index in [4.69, 9.17) is 10.5 Å². The predicted molar refractivity (Wildman–Crippen MR) is 108 cm³/mol. The van der Waals surface area contributed by atoms with Gasteiger partial charge < -0.3 is 10.5 Å². The average molecular weight is 336 g/mol. The van der Waals surface area contributed by atoms with Crippen molar-refractivity contribution in [3.63, 3.8) is 0 Å². The molecule has 0 aliphatic carbocycles. The standard InChI is InChI=1S/C12H27N.C10H14O/c1-2-3-4-5-6-7-8-9-10-11-12-13;1-2-3-9-11-10-7-5-4-6-8-10/h2-13H2,1H3;4-8H,2-3,9H2,1H3. The number of rotatable bonds is 14. The maximum absolute atomic E-state index is 5.45. The maximum atomic E-state index is 5.45. The van der Waals surface area contributed by atoms with Gasteiger partial charge in [0.15, 0.2) is 0 Å². The molecule has 2 nitrogen and oxygen atoms in total. The first-order valence-corrected chi connectivity index (χ1v) is 10.2. The van der Waals surface area contributed by atoms with E-state index in [1.165, 1.54) is 70.6 Å². The largest absolute Gasteiger partial charge is 0.494 e. The van der Waals surface area contributed by atoms with Crippen molar-refractivity contribution in [3.8, 4) is 5.75 Å². The van der Waals surface area contributed by atoms with Crippen molar-refractivity contribution in [2.75, 3.05) is 13.2 Å². The Hall–Kier alpha value is -1.02. The highest BCUT2D eigenvalue weighted by molar-refractivity contribution is 5.20. The molecule has 0 spiro atoms. The number of hydrogen-bond acceptors (Lipinski definition) is 2. The molecule has 0 radical (unpaired) electrons. The van der Waals surface area contributed by atoms with E-state index < -0.39 is 0 Å². The Morgan fingerprint density at radius 2 is 1.17 bits per heavy atom. The number of unbranched alkanes of at least 4 members (excludes halogenated alkanes) is 10. The zero-order chi connectivity index (χ0) is 17.7. The van der Waals surface area contributed by atoms with Gasteiger partial charge in [0.25, 0.3) is 0 Å². The zero-order valence-corrected chi connectivity index (χ0v) is 16.3. The fraction of sp³-hybridized carbons (Fsp3) is 0.727. The fourth-order valence-electron chi connectivity index (χ4n) is 2.48. The topological polar surface area (TPSA) is 35.2 Å². The van der Waals surface area contributed by atoms with Crippen molar-refractivity contribution in [2.45, 2.75) is 90.9 Å². The van der Waals surface area contributed by atoms with Crippen LogP contribution < -0.4 is 10.5 Å². The average Bonchev–Trinajstić information content (AvgIpc) is 2.62. The lowest BCUT2D eigenvalue weighted by Crippen LogP contribution is -1.97. The second-order valence-corrected chi connectivity index (χ2v) is 6.49. The molecule has 0 saturated heterocycles. The number of nitrogens with two attached hydrogens (primary N) is 1. The molecule has 0 heterocycles. The molecule has 2 N–H and O–H groups in total. The molecule has 0 aromatic heterocycles. The Kier molecular flexibility index (Phi) is 19.2. The van der Waals surface area contributed by atoms with E-state index in [9.17, 15) is 0 Å². The molecule has 0 bridgehead atoms. The van der Waals surface area contributed by atoms with Crippen LogP contribution in [0.3, 0.4) is 0 Å². The van der Waals surface area contributed by atoms with E-state index in [2.05, 4.69) is 13.8 Å². The minimum Gasteiger partial charge on any atom is -0.494 e. The molecule has 0 amide bonds. The summed E-state index contributed by atoms with van der Waals surface area (Å²) in [6.07, 6.45) is 16.3. The van der Waals surface area contributed by atoms with Gasteiger partial charge in [-0.15, -0.1) is 0 Å². The number of benzene rings is 1. The minimum atomic E-state index is 0.834. The van der Waals surface area contributed by atoms with Crippen LogP contribution in [0.5, 0.6) is 5.75 Å². The molecule has 0 aliphatic heterocycles. The molecular formula is C22H41NO. The first-order valence-electron chi connectivity index (χ1n) is 10.2. The van der Waals surface area contributed by atoms with E-state index in [1.54, 1.807) is 0 Å². The molecule has 140 valence electrons. The van der Waals surface area contributed by atoms with Crippen molar-refractivity contribution >= 4 is 0 Å². The lowest BCUT2D eigenvalue weighted by atomic mass is 10.1. The summed E-state index contributed by atoms with van der Waals surface area (Å²) >= 11 is 0. The second-order valence-electron chi connectivity index (χ2n) is 6.49. The van der Waals surface area contributed by atoms with E-state index in [0.717, 1.165) is 25.3 Å². The molecule has 1 rings (SSSR count). The Balaban J connectivity index is 0.000000446. The molecule has 1 aromatic rings. The maximum Gasteiger partial charge on any atom is 0.119 e. The zero-order valence-electron chi connectivity index (χ0n) is 16.3. The second kappa shape index (κ2) is 20.0. The van der Waals surface area contributed by atoms with E-state index in [1.807, 2.05) is 30.3 Å². The molecule has 0 atom stereocenters. The number of hydrogen-bond donors (Lipinski definition) is 1. The summed E-state index contributed by atoms with van der Waals surface area (Å²) in [5.41, 5.74) is 5.42. The summed E-state index contributed by atoms with van der Waals surface area (Å²) in [6, 6.07) is 9.93. The van der Waals surface area contributed by atoms with Crippen LogP contribution in [0.2, 0.25) is 0 Å². The molecule has 1 aromatic carbocycles. The molecule has 0 aliphatic rings. The highest BCUT2D eigenvalue weighted by Crippen LogP contribution is 2.10. The molecular weight excluding hydrogens is 294 g/mol. The molecule has 2 heteroatoms. The summed E-state index contributed by atoms with van der Waals surface area (Å²) in [5.74, 6) is 0.973. The van der Waals surface area contributed by atoms with Crippen molar-refractivity contribution in [3.05, 3.63) is 30.3 Å². The Bertz CT molecular complexity index is 316. The number of ether oxygens (including phenoxy) is 1. The van der Waals surface area contributed by atoms with Gasteiger partial charge in [0.05, 0.1) is 6.61 Å². The van der Waals surface area contributed by atoms with Crippen LogP contribution in [-0.2, 0) is 0 Å². The Labute approximate surface area is 151 Å². The molecule has 24 heavy (non-hydrogen) atoms. The van der Waals surface area contributed by atoms with Gasteiger partial charge in [-0.1, -0.05) is 96.3 Å². The lowest BCUT2D eigenvalue weighted by molar-refractivity contribution is 0.309.